The predicted molar refractivity (Wildman–Crippen MR) is 71.3 cm³/mol. The van der Waals surface area contributed by atoms with Crippen LogP contribution in [-0.4, -0.2) is 61.0 Å². The van der Waals surface area contributed by atoms with E-state index >= 15 is 0 Å². The topological polar surface area (TPSA) is 45.2 Å². The van der Waals surface area contributed by atoms with Crippen molar-refractivity contribution in [3.63, 3.8) is 0 Å². The van der Waals surface area contributed by atoms with Gasteiger partial charge in [0.15, 0.2) is 11.5 Å². The number of fused-ring (bicyclic) bond motifs is 1. The SMILES string of the molecule is CN1CCN(Cc2cccc3c2OCO3)[C@@H](CO)C1. The van der Waals surface area contributed by atoms with Crippen molar-refractivity contribution in [3.8, 4) is 11.5 Å². The number of piperazine rings is 1. The van der Waals surface area contributed by atoms with E-state index in [4.69, 9.17) is 9.47 Å². The van der Waals surface area contributed by atoms with Crippen molar-refractivity contribution < 1.29 is 14.6 Å². The van der Waals surface area contributed by atoms with E-state index in [-0.39, 0.29) is 12.6 Å². The Labute approximate surface area is 113 Å². The third-order valence-corrected chi connectivity index (χ3v) is 3.87. The van der Waals surface area contributed by atoms with Gasteiger partial charge in [-0.25, -0.2) is 0 Å². The number of rotatable bonds is 3. The number of para-hydroxylation sites is 1. The molecule has 1 aromatic rings. The lowest BCUT2D eigenvalue weighted by Crippen LogP contribution is -2.52. The molecule has 0 aromatic heterocycles. The normalized spacial score (nSPS) is 23.8. The summed E-state index contributed by atoms with van der Waals surface area (Å²) in [7, 11) is 2.09. The Morgan fingerprint density at radius 1 is 1.32 bits per heavy atom. The molecule has 0 radical (unpaired) electrons. The summed E-state index contributed by atoms with van der Waals surface area (Å²) in [6.45, 7) is 4.19. The lowest BCUT2D eigenvalue weighted by atomic mass is 10.1. The summed E-state index contributed by atoms with van der Waals surface area (Å²) in [6.07, 6.45) is 0. The Kier molecular flexibility index (Phi) is 3.59. The van der Waals surface area contributed by atoms with E-state index in [1.807, 2.05) is 12.1 Å². The highest BCUT2D eigenvalue weighted by molar-refractivity contribution is 5.48. The second-order valence-corrected chi connectivity index (χ2v) is 5.22. The van der Waals surface area contributed by atoms with Gasteiger partial charge in [0.25, 0.3) is 0 Å². The first-order valence-corrected chi connectivity index (χ1v) is 6.69. The molecule has 3 rings (SSSR count). The highest BCUT2D eigenvalue weighted by atomic mass is 16.7. The zero-order chi connectivity index (χ0) is 13.2. The summed E-state index contributed by atoms with van der Waals surface area (Å²) in [5, 5.41) is 9.53. The molecule has 0 saturated carbocycles. The van der Waals surface area contributed by atoms with E-state index in [2.05, 4.69) is 22.9 Å². The maximum Gasteiger partial charge on any atom is 0.231 e. The van der Waals surface area contributed by atoms with E-state index in [1.54, 1.807) is 0 Å². The van der Waals surface area contributed by atoms with Crippen molar-refractivity contribution in [2.45, 2.75) is 12.6 Å². The van der Waals surface area contributed by atoms with Crippen molar-refractivity contribution in [3.05, 3.63) is 23.8 Å². The van der Waals surface area contributed by atoms with Crippen LogP contribution in [-0.2, 0) is 6.54 Å². The van der Waals surface area contributed by atoms with Crippen LogP contribution >= 0.6 is 0 Å². The summed E-state index contributed by atoms with van der Waals surface area (Å²) >= 11 is 0. The average Bonchev–Trinajstić information content (AvgIpc) is 2.90. The largest absolute Gasteiger partial charge is 0.454 e. The quantitative estimate of drug-likeness (QED) is 0.862. The number of hydrogen-bond acceptors (Lipinski definition) is 5. The molecule has 2 aliphatic rings. The van der Waals surface area contributed by atoms with Gasteiger partial charge >= 0.3 is 0 Å². The van der Waals surface area contributed by atoms with Gasteiger partial charge < -0.3 is 19.5 Å². The van der Waals surface area contributed by atoms with Crippen LogP contribution in [0.15, 0.2) is 18.2 Å². The molecule has 0 bridgehead atoms. The smallest absolute Gasteiger partial charge is 0.231 e. The van der Waals surface area contributed by atoms with Crippen LogP contribution in [0.25, 0.3) is 0 Å². The third kappa shape index (κ3) is 2.54. The molecule has 5 heteroatoms. The second kappa shape index (κ2) is 5.36. The second-order valence-electron chi connectivity index (χ2n) is 5.22. The van der Waals surface area contributed by atoms with Crippen molar-refractivity contribution >= 4 is 0 Å². The first kappa shape index (κ1) is 12.7. The summed E-state index contributed by atoms with van der Waals surface area (Å²) in [5.41, 5.74) is 1.14. The number of likely N-dealkylation sites (N-methyl/N-ethyl adjacent to an activating group) is 1. The number of aliphatic hydroxyl groups excluding tert-OH is 1. The summed E-state index contributed by atoms with van der Waals surface area (Å²) in [4.78, 5) is 4.57. The number of aliphatic hydroxyl groups is 1. The minimum atomic E-state index is 0.191. The van der Waals surface area contributed by atoms with Crippen molar-refractivity contribution in [2.24, 2.45) is 0 Å². The van der Waals surface area contributed by atoms with Crippen LogP contribution in [0.1, 0.15) is 5.56 Å². The Bertz CT molecular complexity index is 452. The number of benzene rings is 1. The van der Waals surface area contributed by atoms with Gasteiger partial charge in [0, 0.05) is 37.8 Å². The molecular formula is C14H20N2O3. The van der Waals surface area contributed by atoms with E-state index in [1.165, 1.54) is 0 Å². The van der Waals surface area contributed by atoms with Crippen molar-refractivity contribution in [2.75, 3.05) is 40.1 Å². The summed E-state index contributed by atoms with van der Waals surface area (Å²) in [6, 6.07) is 6.18. The Balaban J connectivity index is 1.76. The molecule has 1 fully saturated rings. The van der Waals surface area contributed by atoms with Gasteiger partial charge in [-0.3, -0.25) is 4.90 Å². The highest BCUT2D eigenvalue weighted by Gasteiger charge is 2.26. The maximum atomic E-state index is 9.53. The molecule has 2 aliphatic heterocycles. The minimum Gasteiger partial charge on any atom is -0.454 e. The predicted octanol–water partition coefficient (Wildman–Crippen LogP) is 0.524. The van der Waals surface area contributed by atoms with Crippen molar-refractivity contribution in [1.29, 1.82) is 0 Å². The maximum absolute atomic E-state index is 9.53. The van der Waals surface area contributed by atoms with Gasteiger partial charge in [-0.1, -0.05) is 12.1 Å². The summed E-state index contributed by atoms with van der Waals surface area (Å²) in [5.74, 6) is 1.69. The van der Waals surface area contributed by atoms with Crippen LogP contribution in [0.2, 0.25) is 0 Å². The lowest BCUT2D eigenvalue weighted by Gasteiger charge is -2.39. The molecule has 1 aromatic carbocycles. The van der Waals surface area contributed by atoms with E-state index in [0.29, 0.717) is 6.79 Å². The first-order valence-electron chi connectivity index (χ1n) is 6.69. The zero-order valence-corrected chi connectivity index (χ0v) is 11.2. The molecule has 0 unspecified atom stereocenters. The van der Waals surface area contributed by atoms with Crippen LogP contribution in [0, 0.1) is 0 Å². The molecule has 0 amide bonds. The standard InChI is InChI=1S/C14H20N2O3/c1-15-5-6-16(12(8-15)9-17)7-11-3-2-4-13-14(11)19-10-18-13/h2-4,12,17H,5-10H2,1H3/t12-/m1/s1. The Morgan fingerprint density at radius 3 is 3.05 bits per heavy atom. The fourth-order valence-electron chi connectivity index (χ4n) is 2.76. The zero-order valence-electron chi connectivity index (χ0n) is 11.2. The Morgan fingerprint density at radius 2 is 2.21 bits per heavy atom. The molecule has 1 saturated heterocycles. The number of hydrogen-bond donors (Lipinski definition) is 1. The fraction of sp³-hybridized carbons (Fsp3) is 0.571. The van der Waals surface area contributed by atoms with Crippen molar-refractivity contribution in [1.82, 2.24) is 9.80 Å². The van der Waals surface area contributed by atoms with Gasteiger partial charge in [-0.15, -0.1) is 0 Å². The molecule has 1 N–H and O–H groups in total. The summed E-state index contributed by atoms with van der Waals surface area (Å²) < 4.78 is 10.9. The van der Waals surface area contributed by atoms with Gasteiger partial charge in [0.1, 0.15) is 0 Å². The Hall–Kier alpha value is -1.30. The van der Waals surface area contributed by atoms with Crippen LogP contribution in [0.4, 0.5) is 0 Å². The van der Waals surface area contributed by atoms with E-state index < -0.39 is 0 Å². The van der Waals surface area contributed by atoms with Gasteiger partial charge in [-0.2, -0.15) is 0 Å². The molecular weight excluding hydrogens is 244 g/mol. The van der Waals surface area contributed by atoms with Gasteiger partial charge in [0.05, 0.1) is 6.61 Å². The molecule has 0 aliphatic carbocycles. The average molecular weight is 264 g/mol. The highest BCUT2D eigenvalue weighted by Crippen LogP contribution is 2.36. The fourth-order valence-corrected chi connectivity index (χ4v) is 2.76. The molecule has 19 heavy (non-hydrogen) atoms. The molecule has 5 nitrogen and oxygen atoms in total. The van der Waals surface area contributed by atoms with E-state index in [0.717, 1.165) is 43.2 Å². The number of ether oxygens (including phenoxy) is 2. The van der Waals surface area contributed by atoms with Gasteiger partial charge in [0.2, 0.25) is 6.79 Å². The third-order valence-electron chi connectivity index (χ3n) is 3.87. The van der Waals surface area contributed by atoms with Gasteiger partial charge in [-0.05, 0) is 13.1 Å². The number of nitrogens with zero attached hydrogens (tertiary/aromatic N) is 2. The lowest BCUT2D eigenvalue weighted by molar-refractivity contribution is 0.0452. The monoisotopic (exact) mass is 264 g/mol. The molecule has 0 spiro atoms. The first-order chi connectivity index (χ1) is 9.28. The molecule has 104 valence electrons. The molecule has 1 atom stereocenters. The van der Waals surface area contributed by atoms with Crippen LogP contribution in [0.5, 0.6) is 11.5 Å². The van der Waals surface area contributed by atoms with Crippen LogP contribution in [0.3, 0.4) is 0 Å². The van der Waals surface area contributed by atoms with Crippen LogP contribution < -0.4 is 9.47 Å². The minimum absolute atomic E-state index is 0.191. The van der Waals surface area contributed by atoms with E-state index in [9.17, 15) is 5.11 Å². The molecule has 2 heterocycles.